The number of hydrogen-bond donors (Lipinski definition) is 0. The molecule has 1 saturated carbocycles. The van der Waals surface area contributed by atoms with E-state index >= 15 is 0 Å². The van der Waals surface area contributed by atoms with Gasteiger partial charge >= 0.3 is 0 Å². The second kappa shape index (κ2) is 5.27. The molecule has 19 heavy (non-hydrogen) atoms. The SMILES string of the molecule is CC#CCN(C(=O)C1(F)CC1)c1ccc(OC)nc1. The van der Waals surface area contributed by atoms with Crippen LogP contribution in [0.5, 0.6) is 5.88 Å². The average molecular weight is 262 g/mol. The molecule has 2 rings (SSSR count). The minimum absolute atomic E-state index is 0.162. The number of nitrogens with zero attached hydrogens (tertiary/aromatic N) is 2. The minimum atomic E-state index is -1.71. The van der Waals surface area contributed by atoms with Crippen LogP contribution in [0.25, 0.3) is 0 Å². The lowest BCUT2D eigenvalue weighted by atomic mass is 10.2. The van der Waals surface area contributed by atoms with Gasteiger partial charge in [0.15, 0.2) is 5.67 Å². The van der Waals surface area contributed by atoms with E-state index in [2.05, 4.69) is 16.8 Å². The van der Waals surface area contributed by atoms with E-state index in [0.717, 1.165) is 0 Å². The Balaban J connectivity index is 2.24. The maximum absolute atomic E-state index is 13.9. The number of pyridine rings is 1. The fourth-order valence-electron chi connectivity index (χ4n) is 1.66. The third kappa shape index (κ3) is 2.84. The Kier molecular flexibility index (Phi) is 3.70. The quantitative estimate of drug-likeness (QED) is 0.779. The number of carbonyl (C=O) groups is 1. The highest BCUT2D eigenvalue weighted by Crippen LogP contribution is 2.42. The maximum atomic E-state index is 13.9. The van der Waals surface area contributed by atoms with Crippen LogP contribution in [0.4, 0.5) is 10.1 Å². The average Bonchev–Trinajstić information content (AvgIpc) is 3.19. The standard InChI is InChI=1S/C14H15FN2O2/c1-3-4-9-17(13(18)14(15)7-8-14)11-5-6-12(19-2)16-10-11/h5-6,10H,7-9H2,1-2H3. The van der Waals surface area contributed by atoms with Gasteiger partial charge in [0.1, 0.15) is 0 Å². The van der Waals surface area contributed by atoms with Crippen LogP contribution in [0, 0.1) is 11.8 Å². The van der Waals surface area contributed by atoms with Crippen LogP contribution in [-0.2, 0) is 4.79 Å². The Hall–Kier alpha value is -2.09. The van der Waals surface area contributed by atoms with Crippen LogP contribution in [-0.4, -0.2) is 30.2 Å². The van der Waals surface area contributed by atoms with Crippen LogP contribution >= 0.6 is 0 Å². The predicted octanol–water partition coefficient (Wildman–Crippen LogP) is 1.95. The van der Waals surface area contributed by atoms with Crippen LogP contribution in [0.1, 0.15) is 19.8 Å². The van der Waals surface area contributed by atoms with E-state index in [1.54, 1.807) is 19.1 Å². The zero-order valence-electron chi connectivity index (χ0n) is 10.9. The van der Waals surface area contributed by atoms with Gasteiger partial charge in [-0.15, -0.1) is 5.92 Å². The van der Waals surface area contributed by atoms with E-state index < -0.39 is 11.6 Å². The number of aromatic nitrogens is 1. The fraction of sp³-hybridized carbons (Fsp3) is 0.429. The first kappa shape index (κ1) is 13.3. The first-order valence-electron chi connectivity index (χ1n) is 6.01. The molecule has 1 fully saturated rings. The first-order valence-corrected chi connectivity index (χ1v) is 6.01. The van der Waals surface area contributed by atoms with Gasteiger partial charge < -0.3 is 4.74 Å². The monoisotopic (exact) mass is 262 g/mol. The predicted molar refractivity (Wildman–Crippen MR) is 69.7 cm³/mol. The van der Waals surface area contributed by atoms with Gasteiger partial charge in [0.25, 0.3) is 5.91 Å². The van der Waals surface area contributed by atoms with Crippen molar-refractivity contribution >= 4 is 11.6 Å². The molecule has 1 aliphatic rings. The van der Waals surface area contributed by atoms with Crippen LogP contribution in [0.2, 0.25) is 0 Å². The van der Waals surface area contributed by atoms with Gasteiger partial charge in [-0.3, -0.25) is 9.69 Å². The summed E-state index contributed by atoms with van der Waals surface area (Å²) in [5.41, 5.74) is -1.19. The molecule has 0 aromatic carbocycles. The van der Waals surface area contributed by atoms with Gasteiger partial charge in [-0.2, -0.15) is 0 Å². The summed E-state index contributed by atoms with van der Waals surface area (Å²) in [5, 5.41) is 0. The molecule has 0 unspecified atom stereocenters. The zero-order chi connectivity index (χ0) is 13.9. The molecule has 0 atom stereocenters. The largest absolute Gasteiger partial charge is 0.481 e. The number of hydrogen-bond acceptors (Lipinski definition) is 3. The number of carbonyl (C=O) groups excluding carboxylic acids is 1. The van der Waals surface area contributed by atoms with Crippen molar-refractivity contribution in [3.05, 3.63) is 18.3 Å². The van der Waals surface area contributed by atoms with Gasteiger partial charge in [0, 0.05) is 6.07 Å². The molecule has 0 radical (unpaired) electrons. The molecular formula is C14H15FN2O2. The number of ether oxygens (including phenoxy) is 1. The molecule has 100 valence electrons. The van der Waals surface area contributed by atoms with Crippen molar-refractivity contribution in [2.45, 2.75) is 25.4 Å². The van der Waals surface area contributed by atoms with Crippen molar-refractivity contribution in [2.75, 3.05) is 18.6 Å². The summed E-state index contributed by atoms with van der Waals surface area (Å²) in [4.78, 5) is 17.5. The normalized spacial score (nSPS) is 15.1. The van der Waals surface area contributed by atoms with E-state index in [1.807, 2.05) is 0 Å². The summed E-state index contributed by atoms with van der Waals surface area (Å²) in [6.45, 7) is 1.84. The third-order valence-electron chi connectivity index (χ3n) is 2.97. The lowest BCUT2D eigenvalue weighted by Gasteiger charge is -2.21. The Labute approximate surface area is 111 Å². The van der Waals surface area contributed by atoms with Gasteiger partial charge in [0.05, 0.1) is 25.5 Å². The Morgan fingerprint density at radius 3 is 2.79 bits per heavy atom. The summed E-state index contributed by atoms with van der Waals surface area (Å²) in [7, 11) is 1.51. The molecule has 1 amide bonds. The lowest BCUT2D eigenvalue weighted by molar-refractivity contribution is -0.124. The lowest BCUT2D eigenvalue weighted by Crippen LogP contribution is -2.39. The van der Waals surface area contributed by atoms with E-state index in [4.69, 9.17) is 4.74 Å². The zero-order valence-corrected chi connectivity index (χ0v) is 10.9. The van der Waals surface area contributed by atoms with Gasteiger partial charge in [-0.1, -0.05) is 5.92 Å². The van der Waals surface area contributed by atoms with Gasteiger partial charge in [-0.05, 0) is 25.8 Å². The Morgan fingerprint density at radius 2 is 2.32 bits per heavy atom. The van der Waals surface area contributed by atoms with Gasteiger partial charge in [0.2, 0.25) is 5.88 Å². The molecule has 5 heteroatoms. The van der Waals surface area contributed by atoms with Crippen LogP contribution in [0.3, 0.4) is 0 Å². The Bertz CT molecular complexity index is 527. The molecule has 0 aliphatic heterocycles. The van der Waals surface area contributed by atoms with Crippen molar-refractivity contribution in [1.29, 1.82) is 0 Å². The Morgan fingerprint density at radius 1 is 1.58 bits per heavy atom. The summed E-state index contributed by atoms with van der Waals surface area (Å²) in [6, 6.07) is 3.31. The number of methoxy groups -OCH3 is 1. The van der Waals surface area contributed by atoms with Crippen molar-refractivity contribution < 1.29 is 13.9 Å². The summed E-state index contributed by atoms with van der Waals surface area (Å²) >= 11 is 0. The second-order valence-electron chi connectivity index (χ2n) is 4.34. The van der Waals surface area contributed by atoms with Crippen molar-refractivity contribution in [3.63, 3.8) is 0 Å². The molecule has 0 bridgehead atoms. The van der Waals surface area contributed by atoms with E-state index in [1.165, 1.54) is 18.2 Å². The molecule has 0 spiro atoms. The highest BCUT2D eigenvalue weighted by molar-refractivity contribution is 6.01. The van der Waals surface area contributed by atoms with Crippen molar-refractivity contribution in [2.24, 2.45) is 0 Å². The number of anilines is 1. The highest BCUT2D eigenvalue weighted by Gasteiger charge is 2.53. The van der Waals surface area contributed by atoms with E-state index in [0.29, 0.717) is 11.6 Å². The third-order valence-corrected chi connectivity index (χ3v) is 2.97. The molecule has 1 heterocycles. The number of halogens is 1. The topological polar surface area (TPSA) is 42.4 Å². The summed E-state index contributed by atoms with van der Waals surface area (Å²) < 4.78 is 18.9. The van der Waals surface area contributed by atoms with Gasteiger partial charge in [-0.25, -0.2) is 9.37 Å². The van der Waals surface area contributed by atoms with E-state index in [-0.39, 0.29) is 19.4 Å². The molecule has 0 saturated heterocycles. The number of alkyl halides is 1. The molecule has 1 aliphatic carbocycles. The molecule has 1 aromatic heterocycles. The van der Waals surface area contributed by atoms with Crippen LogP contribution in [0.15, 0.2) is 18.3 Å². The maximum Gasteiger partial charge on any atom is 0.265 e. The van der Waals surface area contributed by atoms with Crippen molar-refractivity contribution in [3.8, 4) is 17.7 Å². The highest BCUT2D eigenvalue weighted by atomic mass is 19.1. The molecular weight excluding hydrogens is 247 g/mol. The second-order valence-corrected chi connectivity index (χ2v) is 4.34. The summed E-state index contributed by atoms with van der Waals surface area (Å²) in [5.74, 6) is 5.40. The number of rotatable bonds is 4. The first-order chi connectivity index (χ1) is 9.10. The molecule has 4 nitrogen and oxygen atoms in total. The van der Waals surface area contributed by atoms with Crippen molar-refractivity contribution in [1.82, 2.24) is 4.98 Å². The smallest absolute Gasteiger partial charge is 0.265 e. The van der Waals surface area contributed by atoms with Crippen LogP contribution < -0.4 is 9.64 Å². The summed E-state index contributed by atoms with van der Waals surface area (Å²) in [6.07, 6.45) is 2.05. The molecule has 0 N–H and O–H groups in total. The molecule has 1 aromatic rings. The van der Waals surface area contributed by atoms with E-state index in [9.17, 15) is 9.18 Å². The number of amides is 1. The minimum Gasteiger partial charge on any atom is -0.481 e. The fourth-order valence-corrected chi connectivity index (χ4v) is 1.66.